The molecule has 6 nitrogen and oxygen atoms in total. The Labute approximate surface area is 170 Å². The lowest BCUT2D eigenvalue weighted by Crippen LogP contribution is -2.49. The quantitative estimate of drug-likeness (QED) is 0.496. The Kier molecular flexibility index (Phi) is 5.10. The first-order valence-corrected chi connectivity index (χ1v) is 10.00. The van der Waals surface area contributed by atoms with Crippen molar-refractivity contribution in [1.29, 1.82) is 0 Å². The van der Waals surface area contributed by atoms with Crippen molar-refractivity contribution >= 4 is 61.5 Å². The van der Waals surface area contributed by atoms with Crippen molar-refractivity contribution in [2.24, 2.45) is 5.84 Å². The summed E-state index contributed by atoms with van der Waals surface area (Å²) >= 11 is 14.1. The first kappa shape index (κ1) is 18.3. The summed E-state index contributed by atoms with van der Waals surface area (Å²) in [6, 6.07) is 10.9. The standard InChI is InChI=1S/C18H17Cl2N5OS/c19-12-4-2-1-3-11(12)17(26)25-9-7-24(8-10-25)16-13(20)5-6-14-15(16)22-18(23-21)27-14/h1-6H,7-10,21H2,(H,22,23). The SMILES string of the molecule is NNc1nc2c(N3CCN(C(=O)c4ccccc4Cl)CC3)c(Cl)ccc2s1. The molecule has 0 bridgehead atoms. The van der Waals surface area contributed by atoms with Crippen molar-refractivity contribution in [1.82, 2.24) is 9.88 Å². The van der Waals surface area contributed by atoms with Gasteiger partial charge in [0.2, 0.25) is 0 Å². The number of benzene rings is 2. The Morgan fingerprint density at radius 2 is 1.81 bits per heavy atom. The molecule has 1 aromatic heterocycles. The maximum Gasteiger partial charge on any atom is 0.255 e. The van der Waals surface area contributed by atoms with Crippen LogP contribution < -0.4 is 16.2 Å². The fraction of sp³-hybridized carbons (Fsp3) is 0.222. The molecule has 140 valence electrons. The molecule has 1 saturated heterocycles. The molecule has 0 saturated carbocycles. The van der Waals surface area contributed by atoms with Crippen LogP contribution in [0.3, 0.4) is 0 Å². The van der Waals surface area contributed by atoms with E-state index in [0.29, 0.717) is 46.9 Å². The summed E-state index contributed by atoms with van der Waals surface area (Å²) in [7, 11) is 0. The Balaban J connectivity index is 1.55. The van der Waals surface area contributed by atoms with Gasteiger partial charge in [0, 0.05) is 26.2 Å². The molecule has 9 heteroatoms. The van der Waals surface area contributed by atoms with Crippen LogP contribution in [0.4, 0.5) is 10.8 Å². The largest absolute Gasteiger partial charge is 0.365 e. The number of amides is 1. The number of hydrogen-bond donors (Lipinski definition) is 2. The lowest BCUT2D eigenvalue weighted by molar-refractivity contribution is 0.0747. The van der Waals surface area contributed by atoms with E-state index >= 15 is 0 Å². The molecule has 27 heavy (non-hydrogen) atoms. The van der Waals surface area contributed by atoms with Crippen LogP contribution >= 0.6 is 34.5 Å². The number of aromatic nitrogens is 1. The van der Waals surface area contributed by atoms with E-state index < -0.39 is 0 Å². The number of hydrazine groups is 1. The van der Waals surface area contributed by atoms with Crippen LogP contribution in [-0.2, 0) is 0 Å². The summed E-state index contributed by atoms with van der Waals surface area (Å²) in [6.07, 6.45) is 0. The highest BCUT2D eigenvalue weighted by molar-refractivity contribution is 7.22. The van der Waals surface area contributed by atoms with E-state index in [2.05, 4.69) is 15.3 Å². The molecular formula is C18H17Cl2N5OS. The first-order chi connectivity index (χ1) is 13.1. The van der Waals surface area contributed by atoms with Gasteiger partial charge in [0.15, 0.2) is 5.13 Å². The number of carbonyl (C=O) groups is 1. The van der Waals surface area contributed by atoms with E-state index in [1.165, 1.54) is 11.3 Å². The van der Waals surface area contributed by atoms with Crippen molar-refractivity contribution in [3.05, 3.63) is 52.0 Å². The van der Waals surface area contributed by atoms with E-state index in [1.807, 2.05) is 29.2 Å². The smallest absolute Gasteiger partial charge is 0.255 e. The molecule has 1 amide bonds. The minimum Gasteiger partial charge on any atom is -0.365 e. The summed E-state index contributed by atoms with van der Waals surface area (Å²) in [4.78, 5) is 21.3. The maximum absolute atomic E-state index is 12.7. The number of halogens is 2. The number of nitrogens with two attached hydrogens (primary N) is 1. The van der Waals surface area contributed by atoms with Crippen LogP contribution in [0.2, 0.25) is 10.0 Å². The van der Waals surface area contributed by atoms with Gasteiger partial charge in [-0.2, -0.15) is 0 Å². The number of carbonyl (C=O) groups excluding carboxylic acids is 1. The zero-order valence-electron chi connectivity index (χ0n) is 14.3. The summed E-state index contributed by atoms with van der Waals surface area (Å²) < 4.78 is 1.01. The fourth-order valence-electron chi connectivity index (χ4n) is 3.26. The molecule has 0 spiro atoms. The Hall–Kier alpha value is -2.06. The van der Waals surface area contributed by atoms with Crippen LogP contribution in [0.5, 0.6) is 0 Å². The summed E-state index contributed by atoms with van der Waals surface area (Å²) in [5, 5.41) is 1.75. The lowest BCUT2D eigenvalue weighted by Gasteiger charge is -2.36. The van der Waals surface area contributed by atoms with Crippen LogP contribution in [0.15, 0.2) is 36.4 Å². The highest BCUT2D eigenvalue weighted by Gasteiger charge is 2.26. The molecule has 0 radical (unpaired) electrons. The highest BCUT2D eigenvalue weighted by Crippen LogP contribution is 2.38. The average Bonchev–Trinajstić information content (AvgIpc) is 3.11. The molecule has 1 aliphatic rings. The maximum atomic E-state index is 12.7. The number of anilines is 2. The molecule has 0 atom stereocenters. The molecular weight excluding hydrogens is 405 g/mol. The van der Waals surface area contributed by atoms with Gasteiger partial charge >= 0.3 is 0 Å². The second-order valence-electron chi connectivity index (χ2n) is 6.17. The van der Waals surface area contributed by atoms with Crippen LogP contribution in [0, 0.1) is 0 Å². The topological polar surface area (TPSA) is 74.5 Å². The fourth-order valence-corrected chi connectivity index (χ4v) is 4.52. The predicted molar refractivity (Wildman–Crippen MR) is 112 cm³/mol. The van der Waals surface area contributed by atoms with Gasteiger partial charge in [-0.05, 0) is 24.3 Å². The lowest BCUT2D eigenvalue weighted by atomic mass is 10.1. The Bertz CT molecular complexity index is 1000. The van der Waals surface area contributed by atoms with Crippen molar-refractivity contribution in [3.63, 3.8) is 0 Å². The monoisotopic (exact) mass is 421 g/mol. The molecule has 0 unspecified atom stereocenters. The molecule has 2 aromatic carbocycles. The average molecular weight is 422 g/mol. The van der Waals surface area contributed by atoms with Gasteiger partial charge in [-0.1, -0.05) is 46.7 Å². The summed E-state index contributed by atoms with van der Waals surface area (Å²) in [5.41, 5.74) is 4.84. The van der Waals surface area contributed by atoms with E-state index in [9.17, 15) is 4.79 Å². The third-order valence-electron chi connectivity index (χ3n) is 4.60. The van der Waals surface area contributed by atoms with Gasteiger partial charge in [0.25, 0.3) is 5.91 Å². The molecule has 0 aliphatic carbocycles. The second kappa shape index (κ2) is 7.52. The number of piperazine rings is 1. The zero-order chi connectivity index (χ0) is 19.0. The molecule has 1 aliphatic heterocycles. The van der Waals surface area contributed by atoms with E-state index in [0.717, 1.165) is 15.9 Å². The predicted octanol–water partition coefficient (Wildman–Crippen LogP) is 3.85. The molecule has 3 N–H and O–H groups in total. The number of nitrogen functional groups attached to an aromatic ring is 1. The van der Waals surface area contributed by atoms with Crippen LogP contribution in [-0.4, -0.2) is 42.0 Å². The molecule has 4 rings (SSSR count). The molecule has 2 heterocycles. The number of hydrogen-bond acceptors (Lipinski definition) is 6. The normalized spacial score (nSPS) is 14.6. The minimum absolute atomic E-state index is 0.0483. The third kappa shape index (κ3) is 3.43. The summed E-state index contributed by atoms with van der Waals surface area (Å²) in [5.74, 6) is 5.45. The number of nitrogens with one attached hydrogen (secondary N) is 1. The number of nitrogens with zero attached hydrogens (tertiary/aromatic N) is 3. The van der Waals surface area contributed by atoms with E-state index in [1.54, 1.807) is 12.1 Å². The van der Waals surface area contributed by atoms with Gasteiger partial charge in [0.1, 0.15) is 5.52 Å². The third-order valence-corrected chi connectivity index (χ3v) is 6.18. The highest BCUT2D eigenvalue weighted by atomic mass is 35.5. The van der Waals surface area contributed by atoms with Gasteiger partial charge in [0.05, 0.1) is 26.0 Å². The van der Waals surface area contributed by atoms with Crippen molar-refractivity contribution in [2.45, 2.75) is 0 Å². The zero-order valence-corrected chi connectivity index (χ0v) is 16.6. The van der Waals surface area contributed by atoms with E-state index in [4.69, 9.17) is 29.0 Å². The second-order valence-corrected chi connectivity index (χ2v) is 8.01. The number of fused-ring (bicyclic) bond motifs is 1. The van der Waals surface area contributed by atoms with Crippen molar-refractivity contribution in [2.75, 3.05) is 36.5 Å². The van der Waals surface area contributed by atoms with Gasteiger partial charge in [-0.3, -0.25) is 10.2 Å². The van der Waals surface area contributed by atoms with Gasteiger partial charge < -0.3 is 9.80 Å². The first-order valence-electron chi connectivity index (χ1n) is 8.43. The number of rotatable bonds is 3. The van der Waals surface area contributed by atoms with Crippen molar-refractivity contribution < 1.29 is 4.79 Å². The minimum atomic E-state index is -0.0483. The number of thiazole rings is 1. The summed E-state index contributed by atoms with van der Waals surface area (Å²) in [6.45, 7) is 2.50. The van der Waals surface area contributed by atoms with Crippen LogP contribution in [0.25, 0.3) is 10.2 Å². The molecule has 3 aromatic rings. The van der Waals surface area contributed by atoms with E-state index in [-0.39, 0.29) is 5.91 Å². The molecule has 1 fully saturated rings. The Morgan fingerprint density at radius 1 is 1.07 bits per heavy atom. The van der Waals surface area contributed by atoms with Gasteiger partial charge in [-0.25, -0.2) is 10.8 Å². The van der Waals surface area contributed by atoms with Gasteiger partial charge in [-0.15, -0.1) is 0 Å². The van der Waals surface area contributed by atoms with Crippen molar-refractivity contribution in [3.8, 4) is 0 Å². The Morgan fingerprint density at radius 3 is 2.52 bits per heavy atom. The van der Waals surface area contributed by atoms with Crippen LogP contribution in [0.1, 0.15) is 10.4 Å².